The molecular weight excluding hydrogens is 120 g/mol. The molecule has 56 valence electrons. The lowest BCUT2D eigenvalue weighted by Crippen LogP contribution is -2.43. The summed E-state index contributed by atoms with van der Waals surface area (Å²) >= 11 is 0. The molecule has 3 N–H and O–H groups in total. The van der Waals surface area contributed by atoms with Crippen LogP contribution in [0.15, 0.2) is 0 Å². The van der Waals surface area contributed by atoms with Crippen LogP contribution in [0.5, 0.6) is 0 Å². The number of methoxy groups -OCH3 is 2. The molecule has 0 amide bonds. The van der Waals surface area contributed by atoms with Crippen LogP contribution in [0, 0.1) is 0 Å². The number of ether oxygens (including phenoxy) is 2. The van der Waals surface area contributed by atoms with Crippen molar-refractivity contribution in [1.82, 2.24) is 5.43 Å². The van der Waals surface area contributed by atoms with Crippen LogP contribution in [0.25, 0.3) is 0 Å². The highest BCUT2D eigenvalue weighted by Crippen LogP contribution is 1.95. The van der Waals surface area contributed by atoms with Gasteiger partial charge in [0.1, 0.15) is 0 Å². The molecule has 0 unspecified atom stereocenters. The Morgan fingerprint density at radius 2 is 1.78 bits per heavy atom. The molecule has 0 saturated heterocycles. The molecule has 4 nitrogen and oxygen atoms in total. The minimum atomic E-state index is -0.269. The Morgan fingerprint density at radius 1 is 1.33 bits per heavy atom. The van der Waals surface area contributed by atoms with Gasteiger partial charge in [-0.3, -0.25) is 11.3 Å². The first kappa shape index (κ1) is 8.84. The first-order valence-corrected chi connectivity index (χ1v) is 2.78. The van der Waals surface area contributed by atoms with Crippen molar-refractivity contribution in [2.75, 3.05) is 14.2 Å². The van der Waals surface area contributed by atoms with Gasteiger partial charge in [0.15, 0.2) is 6.29 Å². The van der Waals surface area contributed by atoms with E-state index in [1.54, 1.807) is 14.2 Å². The van der Waals surface area contributed by atoms with Crippen LogP contribution in [0.4, 0.5) is 0 Å². The minimum absolute atomic E-state index is 0.0139. The average molecular weight is 134 g/mol. The summed E-state index contributed by atoms with van der Waals surface area (Å²) in [5, 5.41) is 0. The molecule has 4 heteroatoms. The van der Waals surface area contributed by atoms with Crippen molar-refractivity contribution in [2.24, 2.45) is 5.84 Å². The van der Waals surface area contributed by atoms with E-state index < -0.39 is 0 Å². The SMILES string of the molecule is COC(OC)[C@@H](C)NN. The summed E-state index contributed by atoms with van der Waals surface area (Å²) in [6.45, 7) is 1.87. The molecule has 9 heavy (non-hydrogen) atoms. The normalized spacial score (nSPS) is 14.3. The lowest BCUT2D eigenvalue weighted by molar-refractivity contribution is -0.119. The third-order valence-corrected chi connectivity index (χ3v) is 1.14. The summed E-state index contributed by atoms with van der Waals surface area (Å²) < 4.78 is 9.77. The van der Waals surface area contributed by atoms with Crippen LogP contribution in [-0.4, -0.2) is 26.6 Å². The Kier molecular flexibility index (Phi) is 4.61. The number of hydrogen-bond acceptors (Lipinski definition) is 4. The van der Waals surface area contributed by atoms with Gasteiger partial charge >= 0.3 is 0 Å². The number of hydrazine groups is 1. The van der Waals surface area contributed by atoms with Gasteiger partial charge in [0.05, 0.1) is 6.04 Å². The van der Waals surface area contributed by atoms with E-state index in [-0.39, 0.29) is 12.3 Å². The number of hydrogen-bond donors (Lipinski definition) is 2. The molecule has 0 aromatic carbocycles. The number of nitrogens with two attached hydrogens (primary N) is 1. The quantitative estimate of drug-likeness (QED) is 0.308. The summed E-state index contributed by atoms with van der Waals surface area (Å²) in [4.78, 5) is 0. The molecular formula is C5H14N2O2. The van der Waals surface area contributed by atoms with Gasteiger partial charge in [-0.25, -0.2) is 0 Å². The predicted octanol–water partition coefficient (Wildman–Crippen LogP) is -0.543. The van der Waals surface area contributed by atoms with E-state index in [9.17, 15) is 0 Å². The smallest absolute Gasteiger partial charge is 0.173 e. The maximum atomic E-state index is 5.11. The summed E-state index contributed by atoms with van der Waals surface area (Å²) in [6, 6.07) is 0.0139. The Labute approximate surface area is 55.3 Å². The van der Waals surface area contributed by atoms with Crippen molar-refractivity contribution in [2.45, 2.75) is 19.3 Å². The second kappa shape index (κ2) is 4.69. The van der Waals surface area contributed by atoms with Crippen LogP contribution >= 0.6 is 0 Å². The molecule has 0 heterocycles. The molecule has 0 fully saturated rings. The molecule has 0 rings (SSSR count). The number of nitrogens with one attached hydrogen (secondary N) is 1. The molecule has 0 aromatic rings. The monoisotopic (exact) mass is 134 g/mol. The molecule has 0 bridgehead atoms. The molecule has 0 saturated carbocycles. The van der Waals surface area contributed by atoms with E-state index in [4.69, 9.17) is 15.3 Å². The topological polar surface area (TPSA) is 56.5 Å². The lowest BCUT2D eigenvalue weighted by Gasteiger charge is -2.19. The zero-order valence-electron chi connectivity index (χ0n) is 6.05. The van der Waals surface area contributed by atoms with Gasteiger partial charge in [0.25, 0.3) is 0 Å². The van der Waals surface area contributed by atoms with Gasteiger partial charge in [-0.05, 0) is 6.92 Å². The fourth-order valence-corrected chi connectivity index (χ4v) is 0.583. The van der Waals surface area contributed by atoms with Crippen molar-refractivity contribution in [3.8, 4) is 0 Å². The Balaban J connectivity index is 3.50. The van der Waals surface area contributed by atoms with E-state index in [1.807, 2.05) is 6.92 Å². The van der Waals surface area contributed by atoms with Crippen molar-refractivity contribution in [1.29, 1.82) is 0 Å². The lowest BCUT2D eigenvalue weighted by atomic mass is 10.3. The van der Waals surface area contributed by atoms with Gasteiger partial charge in [0, 0.05) is 14.2 Å². The summed E-state index contributed by atoms with van der Waals surface area (Å²) in [6.07, 6.45) is -0.269. The highest BCUT2D eigenvalue weighted by molar-refractivity contribution is 4.58. The second-order valence-corrected chi connectivity index (χ2v) is 1.80. The molecule has 0 aliphatic heterocycles. The highest BCUT2D eigenvalue weighted by atomic mass is 16.7. The van der Waals surface area contributed by atoms with Gasteiger partial charge in [-0.15, -0.1) is 0 Å². The van der Waals surface area contributed by atoms with E-state index in [2.05, 4.69) is 5.43 Å². The molecule has 1 atom stereocenters. The van der Waals surface area contributed by atoms with E-state index >= 15 is 0 Å². The van der Waals surface area contributed by atoms with Crippen molar-refractivity contribution < 1.29 is 9.47 Å². The van der Waals surface area contributed by atoms with Crippen LogP contribution in [-0.2, 0) is 9.47 Å². The van der Waals surface area contributed by atoms with Crippen LogP contribution in [0.3, 0.4) is 0 Å². The van der Waals surface area contributed by atoms with E-state index in [0.29, 0.717) is 0 Å². The number of rotatable bonds is 4. The molecule has 0 radical (unpaired) electrons. The summed E-state index contributed by atoms with van der Waals surface area (Å²) in [5.41, 5.74) is 2.52. The maximum Gasteiger partial charge on any atom is 0.173 e. The van der Waals surface area contributed by atoms with Gasteiger partial charge in [0.2, 0.25) is 0 Å². The Morgan fingerprint density at radius 3 is 1.89 bits per heavy atom. The zero-order chi connectivity index (χ0) is 7.28. The van der Waals surface area contributed by atoms with Gasteiger partial charge in [-0.2, -0.15) is 0 Å². The first-order valence-electron chi connectivity index (χ1n) is 2.78. The molecule has 0 aliphatic rings. The largest absolute Gasteiger partial charge is 0.354 e. The Bertz CT molecular complexity index is 66.0. The average Bonchev–Trinajstić information content (AvgIpc) is 1.90. The highest BCUT2D eigenvalue weighted by Gasteiger charge is 2.12. The van der Waals surface area contributed by atoms with Crippen molar-refractivity contribution in [3.05, 3.63) is 0 Å². The van der Waals surface area contributed by atoms with Crippen LogP contribution in [0.2, 0.25) is 0 Å². The van der Waals surface area contributed by atoms with Gasteiger partial charge < -0.3 is 9.47 Å². The third kappa shape index (κ3) is 2.76. The van der Waals surface area contributed by atoms with E-state index in [1.165, 1.54) is 0 Å². The fourth-order valence-electron chi connectivity index (χ4n) is 0.583. The maximum absolute atomic E-state index is 5.11. The predicted molar refractivity (Wildman–Crippen MR) is 34.6 cm³/mol. The second-order valence-electron chi connectivity index (χ2n) is 1.80. The first-order chi connectivity index (χ1) is 4.26. The summed E-state index contributed by atoms with van der Waals surface area (Å²) in [7, 11) is 3.14. The van der Waals surface area contributed by atoms with E-state index in [0.717, 1.165) is 0 Å². The van der Waals surface area contributed by atoms with Gasteiger partial charge in [-0.1, -0.05) is 0 Å². The summed E-state index contributed by atoms with van der Waals surface area (Å²) in [5.74, 6) is 5.11. The minimum Gasteiger partial charge on any atom is -0.354 e. The molecule has 0 spiro atoms. The van der Waals surface area contributed by atoms with Crippen LogP contribution < -0.4 is 11.3 Å². The molecule has 0 aromatic heterocycles. The van der Waals surface area contributed by atoms with Crippen molar-refractivity contribution in [3.63, 3.8) is 0 Å². The molecule has 0 aliphatic carbocycles. The Hall–Kier alpha value is -0.160. The van der Waals surface area contributed by atoms with Crippen molar-refractivity contribution >= 4 is 0 Å². The fraction of sp³-hybridized carbons (Fsp3) is 1.00. The third-order valence-electron chi connectivity index (χ3n) is 1.14. The van der Waals surface area contributed by atoms with Crippen LogP contribution in [0.1, 0.15) is 6.92 Å². The zero-order valence-corrected chi connectivity index (χ0v) is 6.05. The standard InChI is InChI=1S/C5H14N2O2/c1-4(7-6)5(8-2)9-3/h4-5,7H,6H2,1-3H3/t4-/m1/s1.